The van der Waals surface area contributed by atoms with Crippen LogP contribution < -0.4 is 16.0 Å². The number of halogens is 1. The van der Waals surface area contributed by atoms with Crippen LogP contribution in [0.15, 0.2) is 23.1 Å². The number of hydrogen-bond donors (Lipinski definition) is 3. The highest BCUT2D eigenvalue weighted by Gasteiger charge is 2.29. The molecule has 1 amide bonds. The van der Waals surface area contributed by atoms with Crippen molar-refractivity contribution in [2.75, 3.05) is 43.9 Å². The third-order valence-corrected chi connectivity index (χ3v) is 6.84. The van der Waals surface area contributed by atoms with Crippen molar-refractivity contribution in [2.45, 2.75) is 25.7 Å². The van der Waals surface area contributed by atoms with Gasteiger partial charge in [0.15, 0.2) is 0 Å². The second kappa shape index (κ2) is 9.55. The third kappa shape index (κ3) is 4.68. The number of hydrogen-bond acceptors (Lipinski definition) is 5. The Balaban J connectivity index is 0.00000338. The normalized spacial score (nSPS) is 15.7. The Kier molecular flexibility index (Phi) is 8.33. The molecule has 2 rings (SSSR count). The number of sulfonamides is 1. The van der Waals surface area contributed by atoms with Crippen molar-refractivity contribution < 1.29 is 13.2 Å². The summed E-state index contributed by atoms with van der Waals surface area (Å²) in [5.74, 6) is 0.0926. The Morgan fingerprint density at radius 1 is 1.27 bits per heavy atom. The van der Waals surface area contributed by atoms with Gasteiger partial charge in [-0.2, -0.15) is 4.31 Å². The van der Waals surface area contributed by atoms with E-state index in [-0.39, 0.29) is 29.1 Å². The van der Waals surface area contributed by atoms with Crippen LogP contribution in [0.4, 0.5) is 11.4 Å². The Labute approximate surface area is 162 Å². The average molecular weight is 405 g/mol. The molecule has 26 heavy (non-hydrogen) atoms. The number of rotatable bonds is 8. The van der Waals surface area contributed by atoms with Gasteiger partial charge in [0, 0.05) is 26.1 Å². The maximum absolute atomic E-state index is 12.7. The van der Waals surface area contributed by atoms with Gasteiger partial charge in [-0.25, -0.2) is 8.42 Å². The molecule has 9 heteroatoms. The van der Waals surface area contributed by atoms with Crippen molar-refractivity contribution >= 4 is 39.7 Å². The molecule has 1 fully saturated rings. The second-order valence-corrected chi connectivity index (χ2v) is 8.18. The molecule has 0 spiro atoms. The molecule has 0 radical (unpaired) electrons. The molecule has 1 aromatic carbocycles. The quantitative estimate of drug-likeness (QED) is 0.616. The summed E-state index contributed by atoms with van der Waals surface area (Å²) in [6.07, 6.45) is 0. The number of benzene rings is 1. The molecule has 1 atom stereocenters. The van der Waals surface area contributed by atoms with Crippen molar-refractivity contribution in [3.8, 4) is 0 Å². The van der Waals surface area contributed by atoms with Crippen LogP contribution in [-0.4, -0.2) is 51.9 Å². The van der Waals surface area contributed by atoms with Crippen LogP contribution in [0.1, 0.15) is 20.8 Å². The summed E-state index contributed by atoms with van der Waals surface area (Å²) in [5.41, 5.74) is 1.17. The number of nitrogens with zero attached hydrogens (tertiary/aromatic N) is 1. The minimum atomic E-state index is -3.57. The number of nitrogens with one attached hydrogen (secondary N) is 3. The van der Waals surface area contributed by atoms with Gasteiger partial charge in [-0.15, -0.1) is 12.4 Å². The first-order chi connectivity index (χ1) is 11.8. The molecular weight excluding hydrogens is 376 g/mol. The molecular formula is C17H29ClN4O3S. The molecule has 1 unspecified atom stereocenters. The molecule has 148 valence electrons. The first-order valence-electron chi connectivity index (χ1n) is 8.68. The smallest absolute Gasteiger partial charge is 0.243 e. The zero-order valence-corrected chi connectivity index (χ0v) is 17.3. The van der Waals surface area contributed by atoms with Gasteiger partial charge >= 0.3 is 0 Å². The summed E-state index contributed by atoms with van der Waals surface area (Å²) < 4.78 is 26.8. The van der Waals surface area contributed by atoms with Crippen LogP contribution in [-0.2, 0) is 14.8 Å². The lowest BCUT2D eigenvalue weighted by atomic mass is 9.88. The molecule has 1 heterocycles. The van der Waals surface area contributed by atoms with E-state index in [0.717, 1.165) is 13.1 Å². The molecule has 0 bridgehead atoms. The minimum absolute atomic E-state index is 0. The van der Waals surface area contributed by atoms with Crippen LogP contribution in [0.2, 0.25) is 0 Å². The minimum Gasteiger partial charge on any atom is -0.386 e. The van der Waals surface area contributed by atoms with Crippen LogP contribution >= 0.6 is 12.4 Å². The second-order valence-electron chi connectivity index (χ2n) is 6.24. The third-order valence-electron chi connectivity index (χ3n) is 4.80. The van der Waals surface area contributed by atoms with E-state index >= 15 is 0 Å². The zero-order chi connectivity index (χ0) is 18.6. The largest absolute Gasteiger partial charge is 0.386 e. The maximum Gasteiger partial charge on any atom is 0.243 e. The van der Waals surface area contributed by atoms with Gasteiger partial charge in [-0.1, -0.05) is 20.8 Å². The topological polar surface area (TPSA) is 90.5 Å². The Morgan fingerprint density at radius 3 is 2.35 bits per heavy atom. The highest BCUT2D eigenvalue weighted by atomic mass is 35.5. The van der Waals surface area contributed by atoms with Gasteiger partial charge < -0.3 is 16.0 Å². The van der Waals surface area contributed by atoms with E-state index in [0.29, 0.717) is 30.4 Å². The zero-order valence-electron chi connectivity index (χ0n) is 15.7. The summed E-state index contributed by atoms with van der Waals surface area (Å²) >= 11 is 0. The van der Waals surface area contributed by atoms with Crippen molar-refractivity contribution in [3.05, 3.63) is 18.2 Å². The van der Waals surface area contributed by atoms with E-state index in [1.54, 1.807) is 33.0 Å². The monoisotopic (exact) mass is 404 g/mol. The SMILES string of the molecule is CCN(CC)S(=O)(=O)c1ccc(NC)c(NC(=O)C(C)C2CNC2)c1.Cl. The van der Waals surface area contributed by atoms with Crippen LogP contribution in [0, 0.1) is 11.8 Å². The molecule has 0 aliphatic carbocycles. The molecule has 0 saturated carbocycles. The number of carbonyl (C=O) groups excluding carboxylic acids is 1. The van der Waals surface area contributed by atoms with E-state index in [1.807, 2.05) is 6.92 Å². The van der Waals surface area contributed by atoms with Crippen LogP contribution in [0.5, 0.6) is 0 Å². The van der Waals surface area contributed by atoms with Gasteiger partial charge in [0.05, 0.1) is 16.3 Å². The lowest BCUT2D eigenvalue weighted by molar-refractivity contribution is -0.121. The maximum atomic E-state index is 12.7. The van der Waals surface area contributed by atoms with Crippen LogP contribution in [0.25, 0.3) is 0 Å². The molecule has 1 aliphatic rings. The molecule has 7 nitrogen and oxygen atoms in total. The lowest BCUT2D eigenvalue weighted by Crippen LogP contribution is -2.48. The van der Waals surface area contributed by atoms with Crippen molar-refractivity contribution in [1.29, 1.82) is 0 Å². The summed E-state index contributed by atoms with van der Waals surface area (Å²) in [7, 11) is -1.83. The first kappa shape index (κ1) is 22.7. The molecule has 3 N–H and O–H groups in total. The summed E-state index contributed by atoms with van der Waals surface area (Å²) in [5, 5.41) is 9.04. The molecule has 1 saturated heterocycles. The van der Waals surface area contributed by atoms with E-state index in [2.05, 4.69) is 16.0 Å². The predicted octanol–water partition coefficient (Wildman–Crippen LogP) is 1.97. The Morgan fingerprint density at radius 2 is 1.88 bits per heavy atom. The summed E-state index contributed by atoms with van der Waals surface area (Å²) in [4.78, 5) is 12.7. The standard InChI is InChI=1S/C17H28N4O3S.ClH/c1-5-21(6-2)25(23,24)14-7-8-15(18-4)16(9-14)20-17(22)12(3)13-10-19-11-13;/h7-9,12-13,18-19H,5-6,10-11H2,1-4H3,(H,20,22);1H. The number of carbonyl (C=O) groups is 1. The van der Waals surface area contributed by atoms with Crippen molar-refractivity contribution in [3.63, 3.8) is 0 Å². The van der Waals surface area contributed by atoms with E-state index in [4.69, 9.17) is 0 Å². The predicted molar refractivity (Wildman–Crippen MR) is 107 cm³/mol. The highest BCUT2D eigenvalue weighted by molar-refractivity contribution is 7.89. The van der Waals surface area contributed by atoms with Crippen LogP contribution in [0.3, 0.4) is 0 Å². The van der Waals surface area contributed by atoms with E-state index in [1.165, 1.54) is 10.4 Å². The Bertz CT molecular complexity index is 719. The fourth-order valence-electron chi connectivity index (χ4n) is 2.84. The number of anilines is 2. The van der Waals surface area contributed by atoms with Crippen molar-refractivity contribution in [2.24, 2.45) is 11.8 Å². The Hall–Kier alpha value is -1.35. The van der Waals surface area contributed by atoms with Gasteiger partial charge in [0.2, 0.25) is 15.9 Å². The van der Waals surface area contributed by atoms with Gasteiger partial charge in [0.1, 0.15) is 0 Å². The van der Waals surface area contributed by atoms with Gasteiger partial charge in [-0.05, 0) is 37.2 Å². The average Bonchev–Trinajstić information content (AvgIpc) is 2.53. The highest BCUT2D eigenvalue weighted by Crippen LogP contribution is 2.28. The summed E-state index contributed by atoms with van der Waals surface area (Å²) in [6.45, 7) is 7.99. The van der Waals surface area contributed by atoms with Crippen molar-refractivity contribution in [1.82, 2.24) is 9.62 Å². The van der Waals surface area contributed by atoms with E-state index < -0.39 is 10.0 Å². The molecule has 1 aromatic rings. The van der Waals surface area contributed by atoms with E-state index in [9.17, 15) is 13.2 Å². The first-order valence-corrected chi connectivity index (χ1v) is 10.1. The fraction of sp³-hybridized carbons (Fsp3) is 0.588. The molecule has 0 aromatic heterocycles. The van der Waals surface area contributed by atoms with Gasteiger partial charge in [0.25, 0.3) is 0 Å². The number of amides is 1. The molecule has 1 aliphatic heterocycles. The lowest BCUT2D eigenvalue weighted by Gasteiger charge is -2.31. The van der Waals surface area contributed by atoms with Gasteiger partial charge in [-0.3, -0.25) is 4.79 Å². The summed E-state index contributed by atoms with van der Waals surface area (Å²) in [6, 6.07) is 4.78. The fourth-order valence-corrected chi connectivity index (χ4v) is 4.33.